The third-order valence-corrected chi connectivity index (χ3v) is 7.85. The molecule has 2 aromatic rings. The molecule has 0 spiro atoms. The van der Waals surface area contributed by atoms with Crippen LogP contribution in [0.15, 0.2) is 35.3 Å². The van der Waals surface area contributed by atoms with E-state index in [0.29, 0.717) is 29.8 Å². The number of fused-ring (bicyclic) bond motifs is 1. The highest BCUT2D eigenvalue weighted by molar-refractivity contribution is 5.99. The monoisotopic (exact) mass is 564 g/mol. The van der Waals surface area contributed by atoms with Gasteiger partial charge in [-0.15, -0.1) is 0 Å². The minimum atomic E-state index is -5.31. The summed E-state index contributed by atoms with van der Waals surface area (Å²) in [5.41, 5.74) is -5.93. The molecule has 1 saturated heterocycles. The first-order valence-corrected chi connectivity index (χ1v) is 12.2. The van der Waals surface area contributed by atoms with E-state index in [0.717, 1.165) is 18.3 Å². The Morgan fingerprint density at radius 3 is 2.23 bits per heavy atom. The number of alkyl halides is 7. The fourth-order valence-electron chi connectivity index (χ4n) is 5.51. The molecular weight excluding hydrogens is 540 g/mol. The van der Waals surface area contributed by atoms with Gasteiger partial charge >= 0.3 is 6.18 Å². The van der Waals surface area contributed by atoms with Gasteiger partial charge in [-0.3, -0.25) is 9.59 Å². The number of pyridine rings is 1. The van der Waals surface area contributed by atoms with Gasteiger partial charge in [0.2, 0.25) is 0 Å². The molecule has 5 rings (SSSR count). The lowest BCUT2D eigenvalue weighted by Crippen LogP contribution is -2.41. The molecule has 1 aliphatic heterocycles. The number of hydrogen-bond donors (Lipinski definition) is 2. The molecule has 1 aromatic heterocycles. The zero-order chi connectivity index (χ0) is 28.4. The maximum Gasteiger partial charge on any atom is 0.412 e. The number of benzene rings is 1. The van der Waals surface area contributed by atoms with Gasteiger partial charge in [-0.25, -0.2) is 22.0 Å². The molecule has 1 aromatic carbocycles. The maximum atomic E-state index is 14.7. The molecule has 0 bridgehead atoms. The lowest BCUT2D eigenvalue weighted by molar-refractivity contribution is -0.155. The summed E-state index contributed by atoms with van der Waals surface area (Å²) in [4.78, 5) is 28.1. The van der Waals surface area contributed by atoms with Crippen molar-refractivity contribution in [1.82, 2.24) is 14.8 Å². The van der Waals surface area contributed by atoms with Crippen LogP contribution in [0.5, 0.6) is 0 Å². The molecule has 3 aliphatic rings. The third kappa shape index (κ3) is 4.87. The number of amides is 1. The standard InChI is InChI=1S/C25H24F8N4O2/c1-36-8-13-14(9-36)19(13)34-16-7-17(38)37(24(5-6-24)23(29)30)10-15(16)22(39)35-20(25(31,32)33)11-3-2-4-12(18(11)26)21(27)28/h2-4,7,10,13-14,19-21,23,34H,5-6,8-9H2,1H3,(H,35,39)/t13-,14+,19?,20-/m0/s1. The first kappa shape index (κ1) is 27.4. The molecule has 39 heavy (non-hydrogen) atoms. The maximum absolute atomic E-state index is 14.7. The summed E-state index contributed by atoms with van der Waals surface area (Å²) in [6.45, 7) is 1.43. The zero-order valence-corrected chi connectivity index (χ0v) is 20.4. The van der Waals surface area contributed by atoms with Crippen LogP contribution in [0, 0.1) is 17.7 Å². The number of halogens is 8. The van der Waals surface area contributed by atoms with Crippen LogP contribution in [-0.2, 0) is 5.54 Å². The SMILES string of the molecule is CN1C[C@@H]2C(Nc3cc(=O)n(C4(C(F)F)CC4)cc3C(=O)N[C@@H](c3cccc(C(F)F)c3F)C(F)(F)F)[C@@H]2C1. The Bertz CT molecular complexity index is 1330. The largest absolute Gasteiger partial charge is 0.412 e. The van der Waals surface area contributed by atoms with Crippen molar-refractivity contribution >= 4 is 11.6 Å². The molecule has 0 radical (unpaired) electrons. The third-order valence-electron chi connectivity index (χ3n) is 7.85. The van der Waals surface area contributed by atoms with Crippen LogP contribution in [0.4, 0.5) is 40.8 Å². The van der Waals surface area contributed by atoms with Crippen molar-refractivity contribution in [2.24, 2.45) is 11.8 Å². The predicted octanol–water partition coefficient (Wildman–Crippen LogP) is 4.68. The average molecular weight is 564 g/mol. The van der Waals surface area contributed by atoms with E-state index < -0.39 is 64.6 Å². The van der Waals surface area contributed by atoms with Gasteiger partial charge in [-0.1, -0.05) is 18.2 Å². The normalized spacial score (nSPS) is 24.5. The molecule has 1 amide bonds. The second kappa shape index (κ2) is 9.49. The van der Waals surface area contributed by atoms with Crippen molar-refractivity contribution in [3.05, 3.63) is 63.3 Å². The van der Waals surface area contributed by atoms with Crippen LogP contribution in [0.3, 0.4) is 0 Å². The number of carbonyl (C=O) groups excluding carboxylic acids is 1. The van der Waals surface area contributed by atoms with Crippen molar-refractivity contribution in [2.45, 2.75) is 49.5 Å². The van der Waals surface area contributed by atoms with E-state index in [4.69, 9.17) is 0 Å². The van der Waals surface area contributed by atoms with Crippen LogP contribution in [0.2, 0.25) is 0 Å². The average Bonchev–Trinajstić information content (AvgIpc) is 3.72. The highest BCUT2D eigenvalue weighted by Gasteiger charge is 2.56. The van der Waals surface area contributed by atoms with E-state index in [1.54, 1.807) is 5.32 Å². The van der Waals surface area contributed by atoms with Crippen molar-refractivity contribution in [2.75, 3.05) is 25.5 Å². The van der Waals surface area contributed by atoms with E-state index in [2.05, 4.69) is 10.2 Å². The molecule has 3 fully saturated rings. The summed E-state index contributed by atoms with van der Waals surface area (Å²) < 4.78 is 111. The number of anilines is 1. The van der Waals surface area contributed by atoms with Gasteiger partial charge < -0.3 is 20.1 Å². The van der Waals surface area contributed by atoms with Gasteiger partial charge in [0.15, 0.2) is 6.04 Å². The first-order valence-electron chi connectivity index (χ1n) is 12.2. The Morgan fingerprint density at radius 2 is 1.69 bits per heavy atom. The number of hydrogen-bond acceptors (Lipinski definition) is 4. The summed E-state index contributed by atoms with van der Waals surface area (Å²) in [6.07, 6.45) is -11.0. The fraction of sp³-hybridized carbons (Fsp3) is 0.520. The summed E-state index contributed by atoms with van der Waals surface area (Å²) >= 11 is 0. The highest BCUT2D eigenvalue weighted by Crippen LogP contribution is 2.49. The van der Waals surface area contributed by atoms with Gasteiger partial charge in [0.1, 0.15) is 11.4 Å². The molecule has 212 valence electrons. The van der Waals surface area contributed by atoms with E-state index in [1.165, 1.54) is 0 Å². The number of nitrogens with one attached hydrogen (secondary N) is 2. The molecule has 1 unspecified atom stereocenters. The Kier molecular flexibility index (Phi) is 6.67. The number of nitrogens with zero attached hydrogens (tertiary/aromatic N) is 2. The smallest absolute Gasteiger partial charge is 0.381 e. The van der Waals surface area contributed by atoms with E-state index >= 15 is 0 Å². The van der Waals surface area contributed by atoms with Crippen LogP contribution < -0.4 is 16.2 Å². The number of carbonyl (C=O) groups is 1. The van der Waals surface area contributed by atoms with Crippen LogP contribution in [-0.4, -0.2) is 54.2 Å². The number of aromatic nitrogens is 1. The number of piperidine rings is 1. The molecular formula is C25H24F8N4O2. The summed E-state index contributed by atoms with van der Waals surface area (Å²) in [7, 11) is 1.90. The summed E-state index contributed by atoms with van der Waals surface area (Å²) in [5.74, 6) is -2.94. The number of rotatable bonds is 8. The topological polar surface area (TPSA) is 66.4 Å². The predicted molar refractivity (Wildman–Crippen MR) is 123 cm³/mol. The summed E-state index contributed by atoms with van der Waals surface area (Å²) in [6, 6.07) is -0.268. The molecule has 2 aliphatic carbocycles. The number of likely N-dealkylation sites (tertiary alicyclic amines) is 1. The Balaban J connectivity index is 1.52. The molecule has 14 heteroatoms. The van der Waals surface area contributed by atoms with Gasteiger partial charge in [0.25, 0.3) is 24.3 Å². The zero-order valence-electron chi connectivity index (χ0n) is 20.4. The van der Waals surface area contributed by atoms with Gasteiger partial charge in [0.05, 0.1) is 16.8 Å². The van der Waals surface area contributed by atoms with Crippen LogP contribution in [0.25, 0.3) is 0 Å². The second-order valence-corrected chi connectivity index (χ2v) is 10.4. The lowest BCUT2D eigenvalue weighted by Gasteiger charge is -2.25. The Hall–Kier alpha value is -3.16. The van der Waals surface area contributed by atoms with Gasteiger partial charge in [0, 0.05) is 37.0 Å². The van der Waals surface area contributed by atoms with E-state index in [-0.39, 0.29) is 36.4 Å². The molecule has 4 atom stereocenters. The van der Waals surface area contributed by atoms with Crippen molar-refractivity contribution < 1.29 is 39.9 Å². The van der Waals surface area contributed by atoms with E-state index in [9.17, 15) is 44.7 Å². The minimum Gasteiger partial charge on any atom is -0.381 e. The lowest BCUT2D eigenvalue weighted by atomic mass is 10.0. The Morgan fingerprint density at radius 1 is 1.08 bits per heavy atom. The molecule has 2 saturated carbocycles. The van der Waals surface area contributed by atoms with Crippen molar-refractivity contribution in [1.29, 1.82) is 0 Å². The van der Waals surface area contributed by atoms with Gasteiger partial charge in [-0.05, 0) is 31.7 Å². The second-order valence-electron chi connectivity index (χ2n) is 10.4. The highest BCUT2D eigenvalue weighted by atomic mass is 19.4. The Labute approximate surface area is 217 Å². The van der Waals surface area contributed by atoms with Gasteiger partial charge in [-0.2, -0.15) is 13.2 Å². The molecule has 2 heterocycles. The quantitative estimate of drug-likeness (QED) is 0.457. The van der Waals surface area contributed by atoms with Crippen LogP contribution >= 0.6 is 0 Å². The molecule has 2 N–H and O–H groups in total. The van der Waals surface area contributed by atoms with Crippen LogP contribution in [0.1, 0.15) is 46.8 Å². The van der Waals surface area contributed by atoms with Crippen molar-refractivity contribution in [3.63, 3.8) is 0 Å². The first-order chi connectivity index (χ1) is 18.2. The molecule has 6 nitrogen and oxygen atoms in total. The van der Waals surface area contributed by atoms with E-state index in [1.807, 2.05) is 7.05 Å². The minimum absolute atomic E-state index is 0.0751. The fourth-order valence-corrected chi connectivity index (χ4v) is 5.51. The summed E-state index contributed by atoms with van der Waals surface area (Å²) in [5, 5.41) is 4.64. The van der Waals surface area contributed by atoms with Crippen molar-refractivity contribution in [3.8, 4) is 0 Å².